The topological polar surface area (TPSA) is 56.5 Å². The van der Waals surface area contributed by atoms with Crippen LogP contribution in [0.15, 0.2) is 34.8 Å². The molecule has 0 saturated carbocycles. The summed E-state index contributed by atoms with van der Waals surface area (Å²) in [5.74, 6) is -0.281. The highest BCUT2D eigenvalue weighted by atomic mass is 79.9. The van der Waals surface area contributed by atoms with Gasteiger partial charge in [-0.15, -0.1) is 0 Å². The van der Waals surface area contributed by atoms with Gasteiger partial charge >= 0.3 is 5.97 Å². The lowest BCUT2D eigenvalue weighted by Crippen LogP contribution is -2.11. The minimum Gasteiger partial charge on any atom is -0.469 e. The van der Waals surface area contributed by atoms with Crippen molar-refractivity contribution in [2.24, 2.45) is 0 Å². The maximum atomic E-state index is 11.6. The van der Waals surface area contributed by atoms with Gasteiger partial charge in [0, 0.05) is 33.1 Å². The second-order valence-corrected chi connectivity index (χ2v) is 6.24. The van der Waals surface area contributed by atoms with E-state index in [1.807, 2.05) is 44.2 Å². The number of rotatable bonds is 3. The third-order valence-corrected chi connectivity index (χ3v) is 4.33. The van der Waals surface area contributed by atoms with Crippen LogP contribution in [-0.2, 0) is 16.0 Å². The largest absolute Gasteiger partial charge is 0.469 e. The molecule has 0 aliphatic heterocycles. The second-order valence-electron chi connectivity index (χ2n) is 5.32. The standard InChI is InChI=1S/C17H16BrN3O2/c1-10-14(8-17(22)23-3)11(2)21-16(19-10)9-15(20-21)12-5-4-6-13(18)7-12/h4-7,9H,8H2,1-3H3. The second kappa shape index (κ2) is 6.12. The van der Waals surface area contributed by atoms with Gasteiger partial charge in [-0.1, -0.05) is 28.1 Å². The summed E-state index contributed by atoms with van der Waals surface area (Å²) in [5, 5.41) is 4.64. The molecule has 6 heteroatoms. The number of halogens is 1. The van der Waals surface area contributed by atoms with Crippen molar-refractivity contribution in [2.75, 3.05) is 7.11 Å². The van der Waals surface area contributed by atoms with Gasteiger partial charge in [-0.05, 0) is 26.0 Å². The molecule has 0 aliphatic rings. The van der Waals surface area contributed by atoms with Crippen molar-refractivity contribution in [3.63, 3.8) is 0 Å². The number of fused-ring (bicyclic) bond motifs is 1. The molecule has 2 heterocycles. The van der Waals surface area contributed by atoms with Gasteiger partial charge < -0.3 is 4.74 Å². The average Bonchev–Trinajstić information content (AvgIpc) is 2.95. The van der Waals surface area contributed by atoms with E-state index in [4.69, 9.17) is 4.74 Å². The number of aryl methyl sites for hydroxylation is 2. The molecule has 3 rings (SSSR count). The summed E-state index contributed by atoms with van der Waals surface area (Å²) in [7, 11) is 1.39. The van der Waals surface area contributed by atoms with Crippen molar-refractivity contribution >= 4 is 27.5 Å². The maximum absolute atomic E-state index is 11.6. The predicted octanol–water partition coefficient (Wildman–Crippen LogP) is 3.49. The van der Waals surface area contributed by atoms with Crippen LogP contribution < -0.4 is 0 Å². The van der Waals surface area contributed by atoms with Gasteiger partial charge in [-0.3, -0.25) is 4.79 Å². The molecular weight excluding hydrogens is 358 g/mol. The zero-order valence-corrected chi connectivity index (χ0v) is 14.7. The Labute approximate surface area is 142 Å². The molecule has 5 nitrogen and oxygen atoms in total. The number of methoxy groups -OCH3 is 1. The van der Waals surface area contributed by atoms with E-state index >= 15 is 0 Å². The van der Waals surface area contributed by atoms with Gasteiger partial charge in [0.2, 0.25) is 0 Å². The monoisotopic (exact) mass is 373 g/mol. The molecule has 0 N–H and O–H groups in total. The number of aromatic nitrogens is 3. The number of hydrogen-bond donors (Lipinski definition) is 0. The molecule has 1 aromatic carbocycles. The quantitative estimate of drug-likeness (QED) is 0.659. The third-order valence-electron chi connectivity index (χ3n) is 3.83. The smallest absolute Gasteiger partial charge is 0.310 e. The summed E-state index contributed by atoms with van der Waals surface area (Å²) in [6.07, 6.45) is 0.198. The van der Waals surface area contributed by atoms with Gasteiger partial charge in [0.25, 0.3) is 0 Å². The van der Waals surface area contributed by atoms with Crippen LogP contribution in [0.4, 0.5) is 0 Å². The number of esters is 1. The first kappa shape index (κ1) is 15.7. The van der Waals surface area contributed by atoms with Crippen LogP contribution in [0.25, 0.3) is 16.9 Å². The fraction of sp³-hybridized carbons (Fsp3) is 0.235. The van der Waals surface area contributed by atoms with Gasteiger partial charge in [-0.25, -0.2) is 9.50 Å². The highest BCUT2D eigenvalue weighted by Gasteiger charge is 2.15. The van der Waals surface area contributed by atoms with E-state index in [2.05, 4.69) is 26.0 Å². The first-order valence-electron chi connectivity index (χ1n) is 7.18. The summed E-state index contributed by atoms with van der Waals surface area (Å²) >= 11 is 3.47. The lowest BCUT2D eigenvalue weighted by molar-refractivity contribution is -0.139. The lowest BCUT2D eigenvalue weighted by Gasteiger charge is -2.09. The highest BCUT2D eigenvalue weighted by molar-refractivity contribution is 9.10. The zero-order chi connectivity index (χ0) is 16.6. The van der Waals surface area contributed by atoms with Crippen LogP contribution in [0.2, 0.25) is 0 Å². The van der Waals surface area contributed by atoms with E-state index in [1.165, 1.54) is 7.11 Å². The first-order valence-corrected chi connectivity index (χ1v) is 7.97. The van der Waals surface area contributed by atoms with Crippen molar-refractivity contribution in [3.05, 3.63) is 51.8 Å². The Hall–Kier alpha value is -2.21. The van der Waals surface area contributed by atoms with Crippen molar-refractivity contribution in [1.82, 2.24) is 14.6 Å². The van der Waals surface area contributed by atoms with E-state index in [-0.39, 0.29) is 12.4 Å². The number of hydrogen-bond acceptors (Lipinski definition) is 4. The van der Waals surface area contributed by atoms with Crippen molar-refractivity contribution in [1.29, 1.82) is 0 Å². The van der Waals surface area contributed by atoms with Crippen LogP contribution in [0.3, 0.4) is 0 Å². The van der Waals surface area contributed by atoms with E-state index in [0.717, 1.165) is 38.3 Å². The Bertz CT molecular complexity index is 902. The Morgan fingerprint density at radius 3 is 2.78 bits per heavy atom. The fourth-order valence-electron chi connectivity index (χ4n) is 2.59. The molecule has 0 bridgehead atoms. The van der Waals surface area contributed by atoms with Gasteiger partial charge in [0.1, 0.15) is 0 Å². The van der Waals surface area contributed by atoms with E-state index in [1.54, 1.807) is 4.52 Å². The Balaban J connectivity index is 2.13. The zero-order valence-electron chi connectivity index (χ0n) is 13.1. The summed E-state index contributed by atoms with van der Waals surface area (Å²) in [5.41, 5.74) is 5.20. The molecule has 0 fully saturated rings. The van der Waals surface area contributed by atoms with E-state index in [0.29, 0.717) is 0 Å². The number of nitrogens with zero attached hydrogens (tertiary/aromatic N) is 3. The molecule has 0 atom stereocenters. The number of ether oxygens (including phenoxy) is 1. The van der Waals surface area contributed by atoms with Gasteiger partial charge in [0.05, 0.1) is 19.2 Å². The molecule has 2 aromatic heterocycles. The molecule has 0 unspecified atom stereocenters. The SMILES string of the molecule is COC(=O)Cc1c(C)nc2cc(-c3cccc(Br)c3)nn2c1C. The lowest BCUT2D eigenvalue weighted by atomic mass is 10.1. The Morgan fingerprint density at radius 1 is 1.30 bits per heavy atom. The molecule has 0 radical (unpaired) electrons. The molecule has 0 aliphatic carbocycles. The van der Waals surface area contributed by atoms with Crippen LogP contribution in [-0.4, -0.2) is 27.7 Å². The molecule has 0 spiro atoms. The molecule has 118 valence electrons. The van der Waals surface area contributed by atoms with Crippen molar-refractivity contribution < 1.29 is 9.53 Å². The number of benzene rings is 1. The van der Waals surface area contributed by atoms with E-state index < -0.39 is 0 Å². The van der Waals surface area contributed by atoms with Crippen LogP contribution in [0.1, 0.15) is 17.0 Å². The minimum absolute atomic E-state index is 0.198. The van der Waals surface area contributed by atoms with Crippen LogP contribution in [0, 0.1) is 13.8 Å². The number of carbonyl (C=O) groups excluding carboxylic acids is 1. The summed E-state index contributed by atoms with van der Waals surface area (Å²) in [6, 6.07) is 9.91. The normalized spacial score (nSPS) is 11.0. The summed E-state index contributed by atoms with van der Waals surface area (Å²) in [6.45, 7) is 3.84. The summed E-state index contributed by atoms with van der Waals surface area (Å²) < 4.78 is 7.54. The average molecular weight is 374 g/mol. The van der Waals surface area contributed by atoms with Crippen molar-refractivity contribution in [2.45, 2.75) is 20.3 Å². The Kier molecular flexibility index (Phi) is 4.17. The molecule has 0 saturated heterocycles. The van der Waals surface area contributed by atoms with Crippen LogP contribution in [0.5, 0.6) is 0 Å². The first-order chi connectivity index (χ1) is 11.0. The Morgan fingerprint density at radius 2 is 2.09 bits per heavy atom. The predicted molar refractivity (Wildman–Crippen MR) is 91.3 cm³/mol. The van der Waals surface area contributed by atoms with Gasteiger partial charge in [-0.2, -0.15) is 5.10 Å². The van der Waals surface area contributed by atoms with Crippen LogP contribution >= 0.6 is 15.9 Å². The van der Waals surface area contributed by atoms with Gasteiger partial charge in [0.15, 0.2) is 5.65 Å². The number of carbonyl (C=O) groups is 1. The molecular formula is C17H16BrN3O2. The fourth-order valence-corrected chi connectivity index (χ4v) is 2.99. The minimum atomic E-state index is -0.281. The van der Waals surface area contributed by atoms with Crippen molar-refractivity contribution in [3.8, 4) is 11.3 Å². The highest BCUT2D eigenvalue weighted by Crippen LogP contribution is 2.24. The van der Waals surface area contributed by atoms with E-state index in [9.17, 15) is 4.79 Å². The summed E-state index contributed by atoms with van der Waals surface area (Å²) in [4.78, 5) is 16.2. The molecule has 3 aromatic rings. The molecule has 23 heavy (non-hydrogen) atoms. The third kappa shape index (κ3) is 2.99. The maximum Gasteiger partial charge on any atom is 0.310 e. The molecule has 0 amide bonds.